The molecule has 0 aliphatic heterocycles. The smallest absolute Gasteiger partial charge is 1.00 e. The Morgan fingerprint density at radius 1 is 0.773 bits per heavy atom. The van der Waals surface area contributed by atoms with Gasteiger partial charge in [0.25, 0.3) is 0 Å². The second-order valence-electron chi connectivity index (χ2n) is 8.66. The molecule has 0 aromatic carbocycles. The van der Waals surface area contributed by atoms with Gasteiger partial charge in [-0.1, -0.05) is 0 Å². The van der Waals surface area contributed by atoms with Gasteiger partial charge >= 0.3 is 140 Å². The summed E-state index contributed by atoms with van der Waals surface area (Å²) in [5.41, 5.74) is 5.16. The van der Waals surface area contributed by atoms with E-state index >= 15 is 0 Å². The molecule has 0 unspecified atom stereocenters. The van der Waals surface area contributed by atoms with Gasteiger partial charge in [-0.3, -0.25) is 0 Å². The first kappa shape index (κ1) is 25.6. The van der Waals surface area contributed by atoms with Gasteiger partial charge in [0.1, 0.15) is 0 Å². The van der Waals surface area contributed by atoms with Crippen LogP contribution >= 0.6 is 5.21 Å². The summed E-state index contributed by atoms with van der Waals surface area (Å²) in [6, 6.07) is 0. The maximum absolute atomic E-state index is 2.47. The Bertz CT molecular complexity index is 448. The molecule has 4 heteroatoms. The molecule has 0 atom stereocenters. The molecule has 0 saturated heterocycles. The van der Waals surface area contributed by atoms with Crippen LogP contribution in [0.25, 0.3) is 0 Å². The summed E-state index contributed by atoms with van der Waals surface area (Å²) in [6.45, 7) is 26.8. The maximum atomic E-state index is 2.47. The molecule has 0 nitrogen and oxygen atoms in total. The number of allylic oxidation sites excluding steroid dienone is 4. The van der Waals surface area contributed by atoms with Crippen molar-refractivity contribution in [3.63, 3.8) is 0 Å². The molecule has 0 fully saturated rings. The number of halogens is 2. The SMILES string of the molecule is CC1=C(C)C(C)(C)[C]([Zr+2][P](C(C)(C)C)C(C)(C)C)=C1C.[Cl-].[Cl-]. The van der Waals surface area contributed by atoms with Gasteiger partial charge in [-0.05, 0) is 0 Å². The van der Waals surface area contributed by atoms with E-state index in [0.717, 1.165) is 0 Å². The van der Waals surface area contributed by atoms with Gasteiger partial charge < -0.3 is 24.8 Å². The van der Waals surface area contributed by atoms with Crippen LogP contribution in [0.4, 0.5) is 0 Å². The minimum atomic E-state index is -0.557. The fraction of sp³-hybridized carbons (Fsp3) is 0.778. The molecule has 1 aliphatic rings. The number of hydrogen-bond donors (Lipinski definition) is 0. The van der Waals surface area contributed by atoms with Crippen LogP contribution in [0.2, 0.25) is 0 Å². The van der Waals surface area contributed by atoms with E-state index in [-0.39, 0.29) is 30.0 Å². The van der Waals surface area contributed by atoms with Crippen molar-refractivity contribution in [3.8, 4) is 0 Å². The summed E-state index contributed by atoms with van der Waals surface area (Å²) in [4.78, 5) is 0. The van der Waals surface area contributed by atoms with Crippen LogP contribution in [0.3, 0.4) is 0 Å². The fourth-order valence-electron chi connectivity index (χ4n) is 3.27. The van der Waals surface area contributed by atoms with E-state index in [0.29, 0.717) is 15.7 Å². The fourth-order valence-corrected chi connectivity index (χ4v) is 17.4. The van der Waals surface area contributed by atoms with Crippen LogP contribution in [0.15, 0.2) is 20.0 Å². The van der Waals surface area contributed by atoms with Crippen molar-refractivity contribution >= 4 is 5.21 Å². The van der Waals surface area contributed by atoms with Crippen molar-refractivity contribution < 1.29 is 47.5 Å². The molecule has 128 valence electrons. The van der Waals surface area contributed by atoms with Crippen LogP contribution in [-0.2, 0) is 22.7 Å². The first-order valence-corrected chi connectivity index (χ1v) is 13.5. The standard InChI is InChI=1S/C10H15.C8H18P.2ClH.Zr/c1-7-6-10(4,5)9(3)8(7)2;1-7(2,3)9-8(4,5)6;;;/h1-5H3;1-6H3;2*1H;/q;-1;;;+3/p-2. The molecule has 0 N–H and O–H groups in total. The van der Waals surface area contributed by atoms with E-state index in [1.54, 1.807) is 16.7 Å². The average Bonchev–Trinajstić information content (AvgIpc) is 2.35. The Hall–Kier alpha value is 1.37. The minimum Gasteiger partial charge on any atom is -1.00 e. The van der Waals surface area contributed by atoms with Gasteiger partial charge in [0, 0.05) is 0 Å². The molecule has 22 heavy (non-hydrogen) atoms. The molecule has 1 rings (SSSR count). The molecular formula is C18H33Cl2PZr. The van der Waals surface area contributed by atoms with E-state index in [1.165, 1.54) is 0 Å². The average molecular weight is 443 g/mol. The van der Waals surface area contributed by atoms with Crippen LogP contribution in [0.1, 0.15) is 76.2 Å². The van der Waals surface area contributed by atoms with Gasteiger partial charge in [0.05, 0.1) is 0 Å². The second kappa shape index (κ2) is 8.17. The Labute approximate surface area is 163 Å². The van der Waals surface area contributed by atoms with Crippen molar-refractivity contribution in [2.75, 3.05) is 0 Å². The molecule has 1 aliphatic carbocycles. The summed E-state index contributed by atoms with van der Waals surface area (Å²) < 4.78 is 1.87. The zero-order valence-electron chi connectivity index (χ0n) is 16.2. The van der Waals surface area contributed by atoms with Crippen molar-refractivity contribution in [1.82, 2.24) is 0 Å². The third-order valence-corrected chi connectivity index (χ3v) is 23.4. The number of hydrogen-bond acceptors (Lipinski definition) is 0. The summed E-state index contributed by atoms with van der Waals surface area (Å²) in [7, 11) is 0. The summed E-state index contributed by atoms with van der Waals surface area (Å²) >= 11 is -0.557. The van der Waals surface area contributed by atoms with E-state index in [9.17, 15) is 0 Å². The number of rotatable bonds is 2. The Morgan fingerprint density at radius 2 is 1.14 bits per heavy atom. The zero-order chi connectivity index (χ0) is 16.1. The molecule has 0 radical (unpaired) electrons. The van der Waals surface area contributed by atoms with Crippen molar-refractivity contribution in [3.05, 3.63) is 20.0 Å². The normalized spacial score (nSPS) is 18.2. The van der Waals surface area contributed by atoms with Gasteiger partial charge in [-0.25, -0.2) is 0 Å². The first-order chi connectivity index (χ1) is 8.70. The van der Waals surface area contributed by atoms with Gasteiger partial charge in [-0.15, -0.1) is 0 Å². The Balaban J connectivity index is 0. The molecule has 0 bridgehead atoms. The quantitative estimate of drug-likeness (QED) is 0.553. The predicted octanol–water partition coefficient (Wildman–Crippen LogP) is 0.721. The molecule has 0 saturated carbocycles. The van der Waals surface area contributed by atoms with Gasteiger partial charge in [0.2, 0.25) is 0 Å². The third kappa shape index (κ3) is 5.18. The molecule has 0 spiro atoms. The first-order valence-electron chi connectivity index (χ1n) is 7.67. The van der Waals surface area contributed by atoms with Crippen molar-refractivity contribution in [1.29, 1.82) is 0 Å². The van der Waals surface area contributed by atoms with E-state index in [4.69, 9.17) is 0 Å². The summed E-state index contributed by atoms with van der Waals surface area (Å²) in [6.07, 6.45) is 0. The minimum absolute atomic E-state index is 0. The van der Waals surface area contributed by atoms with E-state index in [1.807, 2.05) is 3.28 Å². The Kier molecular flexibility index (Phi) is 9.51. The third-order valence-electron chi connectivity index (χ3n) is 4.63. The van der Waals surface area contributed by atoms with Crippen LogP contribution in [-0.4, -0.2) is 10.3 Å². The summed E-state index contributed by atoms with van der Waals surface area (Å²) in [5.74, 6) is 0. The molecule has 0 amide bonds. The van der Waals surface area contributed by atoms with Gasteiger partial charge in [-0.2, -0.15) is 0 Å². The second-order valence-corrected chi connectivity index (χ2v) is 18.4. The zero-order valence-corrected chi connectivity index (χ0v) is 21.1. The molecule has 0 heterocycles. The van der Waals surface area contributed by atoms with Gasteiger partial charge in [0.15, 0.2) is 0 Å². The van der Waals surface area contributed by atoms with Crippen LogP contribution < -0.4 is 24.8 Å². The van der Waals surface area contributed by atoms with E-state index < -0.39 is 22.7 Å². The largest absolute Gasteiger partial charge is 1.00 e. The summed E-state index contributed by atoms with van der Waals surface area (Å²) in [5, 5.41) is 1.07. The Morgan fingerprint density at radius 3 is 1.36 bits per heavy atom. The predicted molar refractivity (Wildman–Crippen MR) is 91.3 cm³/mol. The maximum Gasteiger partial charge on any atom is -1.00 e. The molecular weight excluding hydrogens is 409 g/mol. The van der Waals surface area contributed by atoms with Crippen molar-refractivity contribution in [2.24, 2.45) is 5.41 Å². The monoisotopic (exact) mass is 440 g/mol. The molecule has 0 aromatic rings. The van der Waals surface area contributed by atoms with Crippen LogP contribution in [0.5, 0.6) is 0 Å². The topological polar surface area (TPSA) is 0 Å². The van der Waals surface area contributed by atoms with E-state index in [2.05, 4.69) is 76.2 Å². The van der Waals surface area contributed by atoms with Crippen LogP contribution in [0, 0.1) is 5.41 Å². The van der Waals surface area contributed by atoms with Crippen molar-refractivity contribution in [2.45, 2.75) is 86.5 Å². The molecule has 0 aromatic heterocycles.